The van der Waals surface area contributed by atoms with Crippen molar-refractivity contribution in [2.45, 2.75) is 25.7 Å². The minimum atomic E-state index is -4.54. The lowest BCUT2D eigenvalue weighted by Gasteiger charge is -2.16. The first kappa shape index (κ1) is 12.4. The molecule has 0 aromatic rings. The molecular formula is C8H12F4O. The van der Waals surface area contributed by atoms with E-state index in [-0.39, 0.29) is 0 Å². The Morgan fingerprint density at radius 2 is 1.92 bits per heavy atom. The summed E-state index contributed by atoms with van der Waals surface area (Å²) < 4.78 is 48.4. The summed E-state index contributed by atoms with van der Waals surface area (Å²) >= 11 is 0. The van der Waals surface area contributed by atoms with Crippen molar-refractivity contribution in [2.75, 3.05) is 6.61 Å². The van der Waals surface area contributed by atoms with Crippen LogP contribution in [0.1, 0.15) is 13.3 Å². The van der Waals surface area contributed by atoms with Gasteiger partial charge in [0.1, 0.15) is 6.17 Å². The zero-order chi connectivity index (χ0) is 10.6. The fraction of sp³-hybridized carbons (Fsp3) is 0.750. The van der Waals surface area contributed by atoms with Crippen LogP contribution in [-0.4, -0.2) is 24.1 Å². The zero-order valence-corrected chi connectivity index (χ0v) is 7.24. The van der Waals surface area contributed by atoms with Gasteiger partial charge in [0.05, 0.1) is 0 Å². The van der Waals surface area contributed by atoms with Gasteiger partial charge in [-0.05, 0) is 0 Å². The van der Waals surface area contributed by atoms with Gasteiger partial charge in [-0.2, -0.15) is 13.2 Å². The molecule has 0 spiro atoms. The van der Waals surface area contributed by atoms with Gasteiger partial charge in [-0.3, -0.25) is 0 Å². The molecule has 5 heteroatoms. The van der Waals surface area contributed by atoms with Crippen molar-refractivity contribution in [3.8, 4) is 0 Å². The standard InChI is InChI=1S/C8H12F4O/c1-5(4-13)7(9)3-6(2)8(10,11)12/h5,7,13H,2-4H2,1H3. The average molecular weight is 200 g/mol. The van der Waals surface area contributed by atoms with E-state index >= 15 is 0 Å². The maximum absolute atomic E-state index is 12.9. The predicted molar refractivity (Wildman–Crippen MR) is 41.0 cm³/mol. The first-order chi connectivity index (χ1) is 5.79. The van der Waals surface area contributed by atoms with Crippen molar-refractivity contribution >= 4 is 0 Å². The second kappa shape index (κ2) is 4.60. The normalized spacial score (nSPS) is 16.8. The average Bonchev–Trinajstić information content (AvgIpc) is 2.01. The summed E-state index contributed by atoms with van der Waals surface area (Å²) in [5, 5.41) is 8.47. The van der Waals surface area contributed by atoms with Crippen molar-refractivity contribution in [3.05, 3.63) is 12.2 Å². The fourth-order valence-corrected chi connectivity index (χ4v) is 0.667. The molecule has 0 saturated carbocycles. The molecule has 0 fully saturated rings. The molecule has 2 unspecified atom stereocenters. The SMILES string of the molecule is C=C(CC(F)C(C)CO)C(F)(F)F. The lowest BCUT2D eigenvalue weighted by molar-refractivity contribution is -0.0961. The summed E-state index contributed by atoms with van der Waals surface area (Å²) in [6.45, 7) is 3.61. The van der Waals surface area contributed by atoms with Gasteiger partial charge in [-0.15, -0.1) is 0 Å². The van der Waals surface area contributed by atoms with Crippen LogP contribution < -0.4 is 0 Å². The molecule has 2 atom stereocenters. The molecular weight excluding hydrogens is 188 g/mol. The highest BCUT2D eigenvalue weighted by Crippen LogP contribution is 2.29. The molecule has 0 aromatic carbocycles. The van der Waals surface area contributed by atoms with Crippen LogP contribution in [0.3, 0.4) is 0 Å². The van der Waals surface area contributed by atoms with Crippen LogP contribution in [-0.2, 0) is 0 Å². The van der Waals surface area contributed by atoms with E-state index in [1.807, 2.05) is 0 Å². The van der Waals surface area contributed by atoms with Gasteiger partial charge in [-0.1, -0.05) is 13.5 Å². The van der Waals surface area contributed by atoms with Crippen molar-refractivity contribution in [3.63, 3.8) is 0 Å². The molecule has 0 amide bonds. The number of aliphatic hydroxyl groups is 1. The third-order valence-electron chi connectivity index (χ3n) is 1.75. The smallest absolute Gasteiger partial charge is 0.396 e. The number of allylic oxidation sites excluding steroid dienone is 1. The van der Waals surface area contributed by atoms with Crippen molar-refractivity contribution in [1.29, 1.82) is 0 Å². The summed E-state index contributed by atoms with van der Waals surface area (Å²) in [6, 6.07) is 0. The lowest BCUT2D eigenvalue weighted by atomic mass is 10.0. The van der Waals surface area contributed by atoms with Gasteiger partial charge in [0.15, 0.2) is 0 Å². The van der Waals surface area contributed by atoms with Crippen molar-refractivity contribution in [1.82, 2.24) is 0 Å². The maximum Gasteiger partial charge on any atom is 0.412 e. The Balaban J connectivity index is 4.07. The van der Waals surface area contributed by atoms with E-state index in [9.17, 15) is 17.6 Å². The molecule has 0 aromatic heterocycles. The number of hydrogen-bond donors (Lipinski definition) is 1. The van der Waals surface area contributed by atoms with Crippen molar-refractivity contribution < 1.29 is 22.7 Å². The highest BCUT2D eigenvalue weighted by molar-refractivity contribution is 5.04. The number of aliphatic hydroxyl groups excluding tert-OH is 1. The summed E-state index contributed by atoms with van der Waals surface area (Å²) in [7, 11) is 0. The van der Waals surface area contributed by atoms with Gasteiger partial charge in [0, 0.05) is 24.5 Å². The van der Waals surface area contributed by atoms with E-state index in [0.29, 0.717) is 0 Å². The maximum atomic E-state index is 12.9. The van der Waals surface area contributed by atoms with E-state index in [1.54, 1.807) is 0 Å². The highest BCUT2D eigenvalue weighted by atomic mass is 19.4. The van der Waals surface area contributed by atoms with Crippen LogP contribution in [0.15, 0.2) is 12.2 Å². The summed E-state index contributed by atoms with van der Waals surface area (Å²) in [5.41, 5.74) is -1.10. The van der Waals surface area contributed by atoms with E-state index in [4.69, 9.17) is 5.11 Å². The minimum absolute atomic E-state index is 0.466. The van der Waals surface area contributed by atoms with Crippen LogP contribution >= 0.6 is 0 Å². The summed E-state index contributed by atoms with van der Waals surface area (Å²) in [6.07, 6.45) is -7.01. The number of rotatable bonds is 4. The van der Waals surface area contributed by atoms with Crippen LogP contribution in [0, 0.1) is 5.92 Å². The zero-order valence-electron chi connectivity index (χ0n) is 7.24. The topological polar surface area (TPSA) is 20.2 Å². The first-order valence-corrected chi connectivity index (χ1v) is 3.79. The molecule has 13 heavy (non-hydrogen) atoms. The van der Waals surface area contributed by atoms with Crippen LogP contribution in [0.25, 0.3) is 0 Å². The Hall–Kier alpha value is -0.580. The van der Waals surface area contributed by atoms with Gasteiger partial charge in [0.25, 0.3) is 0 Å². The Kier molecular flexibility index (Phi) is 4.39. The number of hydrogen-bond acceptors (Lipinski definition) is 1. The molecule has 78 valence electrons. The van der Waals surface area contributed by atoms with E-state index in [1.165, 1.54) is 6.92 Å². The molecule has 1 N–H and O–H groups in total. The Bertz CT molecular complexity index is 175. The lowest BCUT2D eigenvalue weighted by Crippen LogP contribution is -2.21. The van der Waals surface area contributed by atoms with Gasteiger partial charge in [-0.25, -0.2) is 4.39 Å². The van der Waals surface area contributed by atoms with E-state index in [2.05, 4.69) is 6.58 Å². The van der Waals surface area contributed by atoms with Gasteiger partial charge >= 0.3 is 6.18 Å². The summed E-state index contributed by atoms with van der Waals surface area (Å²) in [5.74, 6) is -0.793. The largest absolute Gasteiger partial charge is 0.412 e. The molecule has 0 aliphatic carbocycles. The highest BCUT2D eigenvalue weighted by Gasteiger charge is 2.34. The predicted octanol–water partition coefficient (Wildman–Crippen LogP) is 2.46. The Labute approximate surface area is 74.1 Å². The Morgan fingerprint density at radius 1 is 1.46 bits per heavy atom. The molecule has 0 rings (SSSR count). The minimum Gasteiger partial charge on any atom is -0.396 e. The van der Waals surface area contributed by atoms with Crippen molar-refractivity contribution in [2.24, 2.45) is 5.92 Å². The third kappa shape index (κ3) is 4.26. The van der Waals surface area contributed by atoms with E-state index in [0.717, 1.165) is 0 Å². The summed E-state index contributed by atoms with van der Waals surface area (Å²) in [4.78, 5) is 0. The quantitative estimate of drug-likeness (QED) is 0.546. The number of alkyl halides is 4. The van der Waals surface area contributed by atoms with Crippen LogP contribution in [0.2, 0.25) is 0 Å². The second-order valence-electron chi connectivity index (χ2n) is 2.98. The molecule has 1 nitrogen and oxygen atoms in total. The molecule has 0 saturated heterocycles. The number of halogens is 4. The molecule has 0 radical (unpaired) electrons. The monoisotopic (exact) mass is 200 g/mol. The third-order valence-corrected chi connectivity index (χ3v) is 1.75. The van der Waals surface area contributed by atoms with Gasteiger partial charge in [0.2, 0.25) is 0 Å². The van der Waals surface area contributed by atoms with E-state index < -0.39 is 36.9 Å². The molecule has 0 aliphatic rings. The van der Waals surface area contributed by atoms with Gasteiger partial charge < -0.3 is 5.11 Å². The molecule has 0 heterocycles. The van der Waals surface area contributed by atoms with Crippen LogP contribution in [0.5, 0.6) is 0 Å². The second-order valence-corrected chi connectivity index (χ2v) is 2.98. The van der Waals surface area contributed by atoms with Crippen LogP contribution in [0.4, 0.5) is 17.6 Å². The molecule has 0 aliphatic heterocycles. The Morgan fingerprint density at radius 3 is 2.23 bits per heavy atom. The molecule has 0 bridgehead atoms. The first-order valence-electron chi connectivity index (χ1n) is 3.79. The fourth-order valence-electron chi connectivity index (χ4n) is 0.667.